The van der Waals surface area contributed by atoms with Gasteiger partial charge in [0.1, 0.15) is 5.75 Å². The zero-order chi connectivity index (χ0) is 13.5. The molecule has 0 amide bonds. The number of hydrogen-bond acceptors (Lipinski definition) is 4. The van der Waals surface area contributed by atoms with Gasteiger partial charge in [0.15, 0.2) is 5.78 Å². The molecule has 1 heterocycles. The summed E-state index contributed by atoms with van der Waals surface area (Å²) in [5, 5.41) is 3.11. The average molecular weight is 256 g/mol. The second-order valence-corrected chi connectivity index (χ2v) is 4.12. The highest BCUT2D eigenvalue weighted by Crippen LogP contribution is 2.11. The largest absolute Gasteiger partial charge is 0.497 e. The number of nitrogens with one attached hydrogen (secondary N) is 1. The van der Waals surface area contributed by atoms with Gasteiger partial charge < -0.3 is 10.1 Å². The van der Waals surface area contributed by atoms with Crippen molar-refractivity contribution < 1.29 is 9.53 Å². The molecular weight excluding hydrogens is 240 g/mol. The summed E-state index contributed by atoms with van der Waals surface area (Å²) in [6.07, 6.45) is 3.51. The van der Waals surface area contributed by atoms with Crippen molar-refractivity contribution in [3.05, 3.63) is 59.9 Å². The minimum Gasteiger partial charge on any atom is -0.497 e. The van der Waals surface area contributed by atoms with E-state index in [1.807, 2.05) is 12.1 Å². The van der Waals surface area contributed by atoms with Gasteiger partial charge in [-0.2, -0.15) is 0 Å². The predicted molar refractivity (Wildman–Crippen MR) is 73.3 cm³/mol. The second kappa shape index (κ2) is 6.66. The molecule has 0 atom stereocenters. The van der Waals surface area contributed by atoms with E-state index in [0.29, 0.717) is 18.7 Å². The van der Waals surface area contributed by atoms with Crippen LogP contribution in [0.5, 0.6) is 5.75 Å². The minimum atomic E-state index is 0.0616. The summed E-state index contributed by atoms with van der Waals surface area (Å²) in [4.78, 5) is 15.9. The van der Waals surface area contributed by atoms with Crippen molar-refractivity contribution in [2.45, 2.75) is 6.54 Å². The average Bonchev–Trinajstić information content (AvgIpc) is 2.48. The Morgan fingerprint density at radius 3 is 2.68 bits per heavy atom. The molecule has 4 nitrogen and oxygen atoms in total. The number of carbonyl (C=O) groups excluding carboxylic acids is 1. The molecule has 0 aliphatic heterocycles. The van der Waals surface area contributed by atoms with Gasteiger partial charge in [0.2, 0.25) is 0 Å². The quantitative estimate of drug-likeness (QED) is 0.804. The molecule has 0 aliphatic carbocycles. The molecule has 0 unspecified atom stereocenters. The highest BCUT2D eigenvalue weighted by molar-refractivity contribution is 5.97. The lowest BCUT2D eigenvalue weighted by molar-refractivity contribution is 0.0991. The van der Waals surface area contributed by atoms with E-state index in [-0.39, 0.29) is 5.78 Å². The van der Waals surface area contributed by atoms with Crippen LogP contribution in [0.3, 0.4) is 0 Å². The van der Waals surface area contributed by atoms with Crippen molar-refractivity contribution in [1.29, 1.82) is 0 Å². The fourth-order valence-electron chi connectivity index (χ4n) is 1.70. The van der Waals surface area contributed by atoms with E-state index < -0.39 is 0 Å². The Morgan fingerprint density at radius 1 is 1.26 bits per heavy atom. The van der Waals surface area contributed by atoms with Gasteiger partial charge in [0.05, 0.1) is 13.7 Å². The van der Waals surface area contributed by atoms with Crippen LogP contribution in [-0.2, 0) is 6.54 Å². The number of Topliss-reactive ketones (excluding diaryl/α,β-unsaturated/α-hetero) is 1. The smallest absolute Gasteiger partial charge is 0.176 e. The molecule has 0 aliphatic rings. The van der Waals surface area contributed by atoms with E-state index in [9.17, 15) is 4.79 Å². The number of methoxy groups -OCH3 is 1. The van der Waals surface area contributed by atoms with Gasteiger partial charge in [-0.3, -0.25) is 9.78 Å². The van der Waals surface area contributed by atoms with Crippen molar-refractivity contribution in [2.24, 2.45) is 0 Å². The molecule has 2 rings (SSSR count). The molecule has 0 spiro atoms. The third-order valence-corrected chi connectivity index (χ3v) is 2.75. The Morgan fingerprint density at radius 2 is 2.05 bits per heavy atom. The predicted octanol–water partition coefficient (Wildman–Crippen LogP) is 2.06. The van der Waals surface area contributed by atoms with Crippen LogP contribution in [0, 0.1) is 0 Å². The van der Waals surface area contributed by atoms with Crippen LogP contribution in [0.4, 0.5) is 0 Å². The number of pyridine rings is 1. The lowest BCUT2D eigenvalue weighted by Gasteiger charge is -2.05. The summed E-state index contributed by atoms with van der Waals surface area (Å²) in [6.45, 7) is 0.941. The maximum absolute atomic E-state index is 11.9. The zero-order valence-electron chi connectivity index (χ0n) is 10.8. The molecule has 0 fully saturated rings. The van der Waals surface area contributed by atoms with Crippen LogP contribution in [0.1, 0.15) is 15.9 Å². The van der Waals surface area contributed by atoms with Gasteiger partial charge in [-0.05, 0) is 35.9 Å². The highest BCUT2D eigenvalue weighted by Gasteiger charge is 2.05. The lowest BCUT2D eigenvalue weighted by atomic mass is 10.1. The second-order valence-electron chi connectivity index (χ2n) is 4.12. The number of nitrogens with zero attached hydrogens (tertiary/aromatic N) is 1. The molecule has 1 aromatic heterocycles. The van der Waals surface area contributed by atoms with Gasteiger partial charge in [-0.1, -0.05) is 6.07 Å². The van der Waals surface area contributed by atoms with Crippen LogP contribution in [0.2, 0.25) is 0 Å². The maximum Gasteiger partial charge on any atom is 0.176 e. The summed E-state index contributed by atoms with van der Waals surface area (Å²) in [5.41, 5.74) is 1.74. The molecular formula is C15H16N2O2. The summed E-state index contributed by atoms with van der Waals surface area (Å²) in [5.74, 6) is 0.811. The van der Waals surface area contributed by atoms with E-state index in [1.54, 1.807) is 43.8 Å². The molecule has 0 radical (unpaired) electrons. The van der Waals surface area contributed by atoms with E-state index in [4.69, 9.17) is 4.74 Å². The first-order valence-electron chi connectivity index (χ1n) is 6.06. The number of ether oxygens (including phenoxy) is 1. The maximum atomic E-state index is 11.9. The van der Waals surface area contributed by atoms with E-state index in [1.165, 1.54) is 0 Å². The Bertz CT molecular complexity index is 524. The molecule has 0 saturated carbocycles. The van der Waals surface area contributed by atoms with Crippen molar-refractivity contribution in [1.82, 2.24) is 10.3 Å². The summed E-state index contributed by atoms with van der Waals surface area (Å²) in [6, 6.07) is 11.0. The van der Waals surface area contributed by atoms with Crippen LogP contribution in [-0.4, -0.2) is 24.4 Å². The van der Waals surface area contributed by atoms with Gasteiger partial charge in [0.25, 0.3) is 0 Å². The normalized spacial score (nSPS) is 10.2. The van der Waals surface area contributed by atoms with Crippen LogP contribution >= 0.6 is 0 Å². The number of rotatable bonds is 6. The van der Waals surface area contributed by atoms with E-state index >= 15 is 0 Å². The molecule has 98 valence electrons. The summed E-state index contributed by atoms with van der Waals surface area (Å²) >= 11 is 0. The number of aromatic nitrogens is 1. The first-order valence-corrected chi connectivity index (χ1v) is 6.06. The van der Waals surface area contributed by atoms with Crippen molar-refractivity contribution >= 4 is 5.78 Å². The fourth-order valence-corrected chi connectivity index (χ4v) is 1.70. The first-order chi connectivity index (χ1) is 9.29. The van der Waals surface area contributed by atoms with Gasteiger partial charge >= 0.3 is 0 Å². The Labute approximate surface area is 112 Å². The first kappa shape index (κ1) is 13.2. The number of hydrogen-bond donors (Lipinski definition) is 1. The van der Waals surface area contributed by atoms with Crippen LogP contribution < -0.4 is 10.1 Å². The van der Waals surface area contributed by atoms with Gasteiger partial charge in [0, 0.05) is 24.5 Å². The molecule has 2 aromatic rings. The topological polar surface area (TPSA) is 51.2 Å². The number of benzene rings is 1. The molecule has 0 bridgehead atoms. The van der Waals surface area contributed by atoms with Crippen LogP contribution in [0.15, 0.2) is 48.8 Å². The highest BCUT2D eigenvalue weighted by atomic mass is 16.5. The number of carbonyl (C=O) groups is 1. The Kier molecular flexibility index (Phi) is 4.64. The molecule has 0 saturated heterocycles. The zero-order valence-corrected chi connectivity index (χ0v) is 10.8. The fraction of sp³-hybridized carbons (Fsp3) is 0.200. The molecule has 1 N–H and O–H groups in total. The van der Waals surface area contributed by atoms with Crippen molar-refractivity contribution in [2.75, 3.05) is 13.7 Å². The van der Waals surface area contributed by atoms with Crippen LogP contribution in [0.25, 0.3) is 0 Å². The van der Waals surface area contributed by atoms with Crippen molar-refractivity contribution in [3.63, 3.8) is 0 Å². The Hall–Kier alpha value is -2.20. The third-order valence-electron chi connectivity index (χ3n) is 2.75. The number of ketones is 1. The Balaban J connectivity index is 1.84. The summed E-state index contributed by atoms with van der Waals surface area (Å²) in [7, 11) is 1.60. The molecule has 4 heteroatoms. The van der Waals surface area contributed by atoms with E-state index in [0.717, 1.165) is 11.3 Å². The van der Waals surface area contributed by atoms with E-state index in [2.05, 4.69) is 10.3 Å². The monoisotopic (exact) mass is 256 g/mol. The SMILES string of the molecule is COc1ccc(C(=O)CNCc2cccnc2)cc1. The van der Waals surface area contributed by atoms with Crippen molar-refractivity contribution in [3.8, 4) is 5.75 Å². The lowest BCUT2D eigenvalue weighted by Crippen LogP contribution is -2.22. The standard InChI is InChI=1S/C15H16N2O2/c1-19-14-6-4-13(5-7-14)15(18)11-17-10-12-3-2-8-16-9-12/h2-9,17H,10-11H2,1H3. The minimum absolute atomic E-state index is 0.0616. The van der Waals surface area contributed by atoms with Gasteiger partial charge in [-0.15, -0.1) is 0 Å². The molecule has 1 aromatic carbocycles. The molecule has 19 heavy (non-hydrogen) atoms. The summed E-state index contributed by atoms with van der Waals surface area (Å²) < 4.78 is 5.05. The van der Waals surface area contributed by atoms with Gasteiger partial charge in [-0.25, -0.2) is 0 Å². The third kappa shape index (κ3) is 3.89.